The molecule has 0 unspecified atom stereocenters. The van der Waals surface area contributed by atoms with Gasteiger partial charge >= 0.3 is 0 Å². The molecule has 2 heterocycles. The Balaban J connectivity index is 2.11. The Hall–Kier alpha value is -2.58. The number of nitrogens with zero attached hydrogens (tertiary/aromatic N) is 1. The summed E-state index contributed by atoms with van der Waals surface area (Å²) in [5, 5.41) is 2.67. The van der Waals surface area contributed by atoms with Gasteiger partial charge in [0.25, 0.3) is 5.91 Å². The smallest absolute Gasteiger partial charge is 0.292 e. The minimum Gasteiger partial charge on any atom is -0.456 e. The molecule has 5 heteroatoms. The lowest BCUT2D eigenvalue weighted by Gasteiger charge is -2.02. The molecule has 0 aliphatic carbocycles. The number of rotatable bonds is 3. The predicted octanol–water partition coefficient (Wildman–Crippen LogP) is 1.80. The van der Waals surface area contributed by atoms with E-state index in [4.69, 9.17) is 10.2 Å². The van der Waals surface area contributed by atoms with Crippen LogP contribution < -0.4 is 11.1 Å². The summed E-state index contributed by atoms with van der Waals surface area (Å²) in [6.45, 7) is 2.23. The van der Waals surface area contributed by atoms with Gasteiger partial charge in [-0.05, 0) is 30.2 Å². The van der Waals surface area contributed by atoms with E-state index in [9.17, 15) is 4.79 Å². The van der Waals surface area contributed by atoms with Crippen LogP contribution in [0.1, 0.15) is 28.9 Å². The van der Waals surface area contributed by atoms with Crippen molar-refractivity contribution in [2.45, 2.75) is 13.3 Å². The van der Waals surface area contributed by atoms with Gasteiger partial charge in [0.05, 0.1) is 6.54 Å². The van der Waals surface area contributed by atoms with Gasteiger partial charge in [-0.25, -0.2) is 4.98 Å². The molecule has 0 atom stereocenters. The minimum atomic E-state index is -0.332. The van der Waals surface area contributed by atoms with Crippen LogP contribution in [0.5, 0.6) is 0 Å². The number of aromatic nitrogens is 1. The second kappa shape index (κ2) is 6.55. The highest BCUT2D eigenvalue weighted by atomic mass is 16.3. The van der Waals surface area contributed by atoms with Crippen molar-refractivity contribution in [3.05, 3.63) is 47.5 Å². The third kappa shape index (κ3) is 3.46. The summed E-state index contributed by atoms with van der Waals surface area (Å²) in [6, 6.07) is 8.64. The van der Waals surface area contributed by atoms with Crippen LogP contribution in [0.2, 0.25) is 0 Å². The molecule has 0 spiro atoms. The predicted molar refractivity (Wildman–Crippen MR) is 76.2 cm³/mol. The molecule has 0 aliphatic rings. The van der Waals surface area contributed by atoms with E-state index in [1.54, 1.807) is 30.3 Å². The van der Waals surface area contributed by atoms with E-state index in [1.807, 2.05) is 6.92 Å². The molecular weight excluding hydrogens is 254 g/mol. The Labute approximate surface area is 117 Å². The Morgan fingerprint density at radius 1 is 1.40 bits per heavy atom. The summed E-state index contributed by atoms with van der Waals surface area (Å²) in [7, 11) is 0. The summed E-state index contributed by atoms with van der Waals surface area (Å²) in [5.41, 5.74) is 5.86. The molecule has 5 nitrogen and oxygen atoms in total. The molecular formula is C15H15N3O2. The largest absolute Gasteiger partial charge is 0.456 e. The van der Waals surface area contributed by atoms with Crippen LogP contribution in [0.3, 0.4) is 0 Å². The molecule has 0 radical (unpaired) electrons. The molecule has 1 amide bonds. The molecule has 102 valence electrons. The van der Waals surface area contributed by atoms with Crippen LogP contribution in [0.25, 0.3) is 0 Å². The Morgan fingerprint density at radius 3 is 2.95 bits per heavy atom. The summed E-state index contributed by atoms with van der Waals surface area (Å²) in [5.74, 6) is 6.65. The van der Waals surface area contributed by atoms with Crippen molar-refractivity contribution in [3.8, 4) is 11.8 Å². The number of carbonyl (C=O) groups is 1. The maximum Gasteiger partial charge on any atom is 0.292 e. The maximum atomic E-state index is 12.0. The fourth-order valence-electron chi connectivity index (χ4n) is 1.58. The van der Waals surface area contributed by atoms with Crippen LogP contribution >= 0.6 is 0 Å². The van der Waals surface area contributed by atoms with Crippen molar-refractivity contribution < 1.29 is 9.21 Å². The molecule has 0 saturated carbocycles. The SMILES string of the molecule is CCc1ccc(C(=O)Nc2cccc(C#CCN)n2)o1. The molecule has 2 aromatic rings. The fourth-order valence-corrected chi connectivity index (χ4v) is 1.58. The van der Waals surface area contributed by atoms with Gasteiger partial charge in [0.15, 0.2) is 5.76 Å². The molecule has 0 bridgehead atoms. The van der Waals surface area contributed by atoms with Gasteiger partial charge < -0.3 is 15.5 Å². The number of amides is 1. The quantitative estimate of drug-likeness (QED) is 0.832. The Bertz CT molecular complexity index is 665. The fraction of sp³-hybridized carbons (Fsp3) is 0.200. The molecule has 2 aromatic heterocycles. The van der Waals surface area contributed by atoms with E-state index in [0.717, 1.165) is 12.2 Å². The third-order valence-corrected chi connectivity index (χ3v) is 2.54. The number of hydrogen-bond donors (Lipinski definition) is 2. The van der Waals surface area contributed by atoms with Gasteiger partial charge in [-0.2, -0.15) is 0 Å². The van der Waals surface area contributed by atoms with Crippen molar-refractivity contribution in [1.29, 1.82) is 0 Å². The van der Waals surface area contributed by atoms with Gasteiger partial charge in [-0.15, -0.1) is 0 Å². The summed E-state index contributed by atoms with van der Waals surface area (Å²) in [6.07, 6.45) is 0.746. The molecule has 0 aliphatic heterocycles. The zero-order valence-electron chi connectivity index (χ0n) is 11.1. The van der Waals surface area contributed by atoms with E-state index in [2.05, 4.69) is 22.1 Å². The first-order chi connectivity index (χ1) is 9.72. The molecule has 0 fully saturated rings. The van der Waals surface area contributed by atoms with E-state index in [0.29, 0.717) is 11.5 Å². The van der Waals surface area contributed by atoms with Gasteiger partial charge in [0.2, 0.25) is 0 Å². The number of hydrogen-bond acceptors (Lipinski definition) is 4. The highest BCUT2D eigenvalue weighted by molar-refractivity contribution is 6.01. The first-order valence-electron chi connectivity index (χ1n) is 6.29. The molecule has 0 saturated heterocycles. The molecule has 3 N–H and O–H groups in total. The summed E-state index contributed by atoms with van der Waals surface area (Å²) in [4.78, 5) is 16.2. The van der Waals surface area contributed by atoms with Crippen molar-refractivity contribution >= 4 is 11.7 Å². The number of aryl methyl sites for hydroxylation is 1. The van der Waals surface area contributed by atoms with Crippen molar-refractivity contribution in [2.24, 2.45) is 5.73 Å². The Morgan fingerprint density at radius 2 is 2.25 bits per heavy atom. The summed E-state index contributed by atoms with van der Waals surface area (Å²) < 4.78 is 5.38. The number of nitrogens with one attached hydrogen (secondary N) is 1. The van der Waals surface area contributed by atoms with Crippen LogP contribution in [-0.2, 0) is 6.42 Å². The zero-order chi connectivity index (χ0) is 14.4. The van der Waals surface area contributed by atoms with E-state index < -0.39 is 0 Å². The van der Waals surface area contributed by atoms with Crippen molar-refractivity contribution in [2.75, 3.05) is 11.9 Å². The lowest BCUT2D eigenvalue weighted by atomic mass is 10.3. The Kier molecular flexibility index (Phi) is 4.53. The average Bonchev–Trinajstić information content (AvgIpc) is 2.94. The van der Waals surface area contributed by atoms with Crippen molar-refractivity contribution in [3.63, 3.8) is 0 Å². The lowest BCUT2D eigenvalue weighted by molar-refractivity contribution is 0.0994. The second-order valence-electron chi connectivity index (χ2n) is 3.99. The third-order valence-electron chi connectivity index (χ3n) is 2.54. The van der Waals surface area contributed by atoms with Gasteiger partial charge in [0, 0.05) is 6.42 Å². The molecule has 2 rings (SSSR count). The maximum absolute atomic E-state index is 12.0. The number of carbonyl (C=O) groups excluding carboxylic acids is 1. The van der Waals surface area contributed by atoms with E-state index in [1.165, 1.54) is 0 Å². The standard InChI is InChI=1S/C15H15N3O2/c1-2-12-8-9-13(20-12)15(19)18-14-7-3-5-11(17-14)6-4-10-16/h3,5,7-9H,2,10,16H2,1H3,(H,17,18,19). The van der Waals surface area contributed by atoms with Gasteiger partial charge in [-0.1, -0.05) is 18.9 Å². The van der Waals surface area contributed by atoms with Gasteiger partial charge in [-0.3, -0.25) is 4.79 Å². The van der Waals surface area contributed by atoms with E-state index in [-0.39, 0.29) is 18.2 Å². The zero-order valence-corrected chi connectivity index (χ0v) is 11.1. The number of nitrogens with two attached hydrogens (primary N) is 1. The van der Waals surface area contributed by atoms with Crippen LogP contribution in [0.4, 0.5) is 5.82 Å². The average molecular weight is 269 g/mol. The number of pyridine rings is 1. The molecule has 0 aromatic carbocycles. The number of anilines is 1. The minimum absolute atomic E-state index is 0.266. The lowest BCUT2D eigenvalue weighted by Crippen LogP contribution is -2.12. The van der Waals surface area contributed by atoms with Crippen LogP contribution in [-0.4, -0.2) is 17.4 Å². The highest BCUT2D eigenvalue weighted by Gasteiger charge is 2.11. The van der Waals surface area contributed by atoms with Crippen molar-refractivity contribution in [1.82, 2.24) is 4.98 Å². The first kappa shape index (κ1) is 13.8. The summed E-state index contributed by atoms with van der Waals surface area (Å²) >= 11 is 0. The second-order valence-corrected chi connectivity index (χ2v) is 3.99. The monoisotopic (exact) mass is 269 g/mol. The van der Waals surface area contributed by atoms with Crippen LogP contribution in [0.15, 0.2) is 34.7 Å². The highest BCUT2D eigenvalue weighted by Crippen LogP contribution is 2.11. The topological polar surface area (TPSA) is 81.2 Å². The normalized spacial score (nSPS) is 9.70. The van der Waals surface area contributed by atoms with Crippen LogP contribution in [0, 0.1) is 11.8 Å². The van der Waals surface area contributed by atoms with E-state index >= 15 is 0 Å². The first-order valence-corrected chi connectivity index (χ1v) is 6.29. The molecule has 20 heavy (non-hydrogen) atoms. The van der Waals surface area contributed by atoms with Gasteiger partial charge in [0.1, 0.15) is 17.3 Å². The number of furan rings is 1.